The van der Waals surface area contributed by atoms with Crippen molar-refractivity contribution < 1.29 is 4.57 Å². The normalized spacial score (nSPS) is 14.1. The molecule has 0 N–H and O–H groups in total. The third kappa shape index (κ3) is 2.30. The Balaban J connectivity index is 1.58. The van der Waals surface area contributed by atoms with E-state index in [1.807, 2.05) is 73.1 Å². The Hall–Kier alpha value is -4.27. The van der Waals surface area contributed by atoms with Crippen molar-refractivity contribution in [2.45, 2.75) is 0 Å². The third-order valence-corrected chi connectivity index (χ3v) is 10.5. The fourth-order valence-corrected chi connectivity index (χ4v) is 9.00. The van der Waals surface area contributed by atoms with Crippen LogP contribution in [-0.4, -0.2) is 14.4 Å². The van der Waals surface area contributed by atoms with Gasteiger partial charge in [0, 0.05) is 44.5 Å². The molecule has 0 amide bonds. The van der Waals surface area contributed by atoms with E-state index in [0.29, 0.717) is 0 Å². The van der Waals surface area contributed by atoms with Crippen LogP contribution in [0.1, 0.15) is 0 Å². The summed E-state index contributed by atoms with van der Waals surface area (Å²) in [7, 11) is -3.11. The van der Waals surface area contributed by atoms with E-state index >= 15 is 4.57 Å². The minimum atomic E-state index is -3.11. The lowest BCUT2D eigenvalue weighted by molar-refractivity contribution is 0.593. The molecule has 0 fully saturated rings. The van der Waals surface area contributed by atoms with Gasteiger partial charge in [-0.2, -0.15) is 0 Å². The number of imidazole rings is 1. The molecule has 3 aromatic heterocycles. The van der Waals surface area contributed by atoms with Gasteiger partial charge in [0.05, 0.1) is 11.0 Å². The molecule has 5 heteroatoms. The number of hydrogen-bond acceptors (Lipinski definition) is 3. The zero-order chi connectivity index (χ0) is 23.1. The number of pyridine rings is 2. The summed E-state index contributed by atoms with van der Waals surface area (Å²) >= 11 is 0. The van der Waals surface area contributed by atoms with Crippen molar-refractivity contribution in [2.75, 3.05) is 0 Å². The van der Waals surface area contributed by atoms with E-state index in [-0.39, 0.29) is 0 Å². The van der Waals surface area contributed by atoms with Gasteiger partial charge in [-0.25, -0.2) is 4.98 Å². The van der Waals surface area contributed by atoms with Crippen molar-refractivity contribution in [3.63, 3.8) is 0 Å². The van der Waals surface area contributed by atoms with Crippen LogP contribution >= 0.6 is 7.14 Å². The first-order chi connectivity index (χ1) is 17.3. The number of rotatable bonds is 1. The molecule has 7 aromatic rings. The van der Waals surface area contributed by atoms with Gasteiger partial charge in [0.2, 0.25) is 0 Å². The number of benzene rings is 4. The molecule has 4 heterocycles. The maximum absolute atomic E-state index is 15.2. The van der Waals surface area contributed by atoms with E-state index in [9.17, 15) is 0 Å². The third-order valence-electron chi connectivity index (χ3n) is 7.28. The zero-order valence-electron chi connectivity index (χ0n) is 18.6. The average Bonchev–Trinajstić information content (AvgIpc) is 3.44. The molecule has 0 aliphatic carbocycles. The molecule has 8 rings (SSSR count). The minimum absolute atomic E-state index is 0.789. The van der Waals surface area contributed by atoms with Crippen molar-refractivity contribution in [3.8, 4) is 11.1 Å². The first kappa shape index (κ1) is 19.1. The molecule has 0 saturated carbocycles. The van der Waals surface area contributed by atoms with Crippen LogP contribution in [-0.2, 0) is 4.57 Å². The molecule has 0 radical (unpaired) electrons. The van der Waals surface area contributed by atoms with Crippen LogP contribution in [0.15, 0.2) is 109 Å². The molecule has 4 aromatic carbocycles. The van der Waals surface area contributed by atoms with Gasteiger partial charge in [-0.1, -0.05) is 72.8 Å². The van der Waals surface area contributed by atoms with Crippen LogP contribution in [0.25, 0.3) is 49.5 Å². The van der Waals surface area contributed by atoms with E-state index in [1.54, 1.807) is 0 Å². The lowest BCUT2D eigenvalue weighted by atomic mass is 10.1. The van der Waals surface area contributed by atoms with Gasteiger partial charge in [-0.05, 0) is 35.4 Å². The van der Waals surface area contributed by atoms with Crippen molar-refractivity contribution in [1.29, 1.82) is 0 Å². The smallest absolute Gasteiger partial charge is 0.174 e. The number of aromatic nitrogens is 3. The van der Waals surface area contributed by atoms with E-state index in [1.165, 1.54) is 0 Å². The molecule has 35 heavy (non-hydrogen) atoms. The summed E-state index contributed by atoms with van der Waals surface area (Å²) in [5.41, 5.74) is 5.77. The summed E-state index contributed by atoms with van der Waals surface area (Å²) in [5, 5.41) is 5.80. The monoisotopic (exact) mass is 467 g/mol. The largest absolute Gasteiger partial charge is 0.309 e. The lowest BCUT2D eigenvalue weighted by Crippen LogP contribution is -2.21. The van der Waals surface area contributed by atoms with E-state index in [2.05, 4.69) is 45.8 Å². The molecule has 0 atom stereocenters. The Morgan fingerprint density at radius 2 is 1.26 bits per heavy atom. The van der Waals surface area contributed by atoms with Crippen LogP contribution in [0.4, 0.5) is 0 Å². The van der Waals surface area contributed by atoms with Gasteiger partial charge in [-0.15, -0.1) is 0 Å². The summed E-state index contributed by atoms with van der Waals surface area (Å²) < 4.78 is 17.4. The molecule has 0 unspecified atom stereocenters. The van der Waals surface area contributed by atoms with Crippen molar-refractivity contribution >= 4 is 61.4 Å². The number of para-hydroxylation sites is 2. The zero-order valence-corrected chi connectivity index (χ0v) is 19.5. The SMILES string of the molecule is O=P1(c2cccc3c2nc2c4ccncc4c4ccccc4n32)c2ccccc2-c2ccccc21. The van der Waals surface area contributed by atoms with Gasteiger partial charge in [0.1, 0.15) is 11.2 Å². The molecular weight excluding hydrogens is 449 g/mol. The van der Waals surface area contributed by atoms with E-state index < -0.39 is 7.14 Å². The first-order valence-corrected chi connectivity index (χ1v) is 13.3. The topological polar surface area (TPSA) is 47.3 Å². The second-order valence-electron chi connectivity index (χ2n) is 9.00. The summed E-state index contributed by atoms with van der Waals surface area (Å²) in [6.45, 7) is 0. The Bertz CT molecular complexity index is 2010. The number of fused-ring (bicyclic) bond motifs is 11. The quantitative estimate of drug-likeness (QED) is 0.226. The molecule has 164 valence electrons. The van der Waals surface area contributed by atoms with Gasteiger partial charge in [-0.3, -0.25) is 9.38 Å². The van der Waals surface area contributed by atoms with Gasteiger partial charge in [0.25, 0.3) is 0 Å². The van der Waals surface area contributed by atoms with Gasteiger partial charge in [0.15, 0.2) is 7.14 Å². The van der Waals surface area contributed by atoms with Crippen molar-refractivity contribution in [2.24, 2.45) is 0 Å². The van der Waals surface area contributed by atoms with Crippen molar-refractivity contribution in [3.05, 3.63) is 109 Å². The molecular formula is C30H18N3OP. The number of hydrogen-bond donors (Lipinski definition) is 0. The predicted molar refractivity (Wildman–Crippen MR) is 144 cm³/mol. The highest BCUT2D eigenvalue weighted by Gasteiger charge is 2.41. The highest BCUT2D eigenvalue weighted by atomic mass is 31.2. The Labute approximate surface area is 200 Å². The highest BCUT2D eigenvalue weighted by Crippen LogP contribution is 2.53. The van der Waals surface area contributed by atoms with Crippen LogP contribution in [0.5, 0.6) is 0 Å². The molecule has 1 aliphatic heterocycles. The second-order valence-corrected chi connectivity index (χ2v) is 11.7. The molecule has 1 aliphatic rings. The van der Waals surface area contributed by atoms with Crippen molar-refractivity contribution in [1.82, 2.24) is 14.4 Å². The fraction of sp³-hybridized carbons (Fsp3) is 0. The van der Waals surface area contributed by atoms with Crippen LogP contribution < -0.4 is 15.9 Å². The first-order valence-electron chi connectivity index (χ1n) is 11.6. The standard InChI is InChI=1S/C30H18N3OP/c34-35(26-13-5-2-9-20(26)21-10-3-6-14-27(21)35)28-15-7-12-25-29(28)32-30-22-16-17-31-18-23(22)19-8-1-4-11-24(19)33(25)30/h1-18H. The Morgan fingerprint density at radius 3 is 2.06 bits per heavy atom. The molecule has 0 spiro atoms. The summed E-state index contributed by atoms with van der Waals surface area (Å²) in [6.07, 6.45) is 3.71. The summed E-state index contributed by atoms with van der Waals surface area (Å²) in [6, 6.07) is 32.6. The predicted octanol–water partition coefficient (Wildman–Crippen LogP) is 5.81. The van der Waals surface area contributed by atoms with Gasteiger partial charge < -0.3 is 4.57 Å². The molecule has 4 nitrogen and oxygen atoms in total. The van der Waals surface area contributed by atoms with E-state index in [0.717, 1.165) is 65.4 Å². The maximum atomic E-state index is 15.2. The summed E-state index contributed by atoms with van der Waals surface area (Å²) in [4.78, 5) is 9.58. The maximum Gasteiger partial charge on any atom is 0.174 e. The molecule has 0 saturated heterocycles. The Kier molecular flexibility index (Phi) is 3.63. The average molecular weight is 467 g/mol. The second kappa shape index (κ2) is 6.65. The van der Waals surface area contributed by atoms with Gasteiger partial charge >= 0.3 is 0 Å². The fourth-order valence-electron chi connectivity index (χ4n) is 5.80. The minimum Gasteiger partial charge on any atom is -0.309 e. The molecule has 0 bridgehead atoms. The van der Waals surface area contributed by atoms with Crippen LogP contribution in [0, 0.1) is 0 Å². The number of nitrogens with zero attached hydrogens (tertiary/aromatic N) is 3. The van der Waals surface area contributed by atoms with E-state index in [4.69, 9.17) is 4.98 Å². The van der Waals surface area contributed by atoms with Crippen LogP contribution in [0.3, 0.4) is 0 Å². The Morgan fingerprint density at radius 1 is 0.600 bits per heavy atom. The lowest BCUT2D eigenvalue weighted by Gasteiger charge is -2.16. The summed E-state index contributed by atoms with van der Waals surface area (Å²) in [5.74, 6) is 0. The van der Waals surface area contributed by atoms with Crippen LogP contribution in [0.2, 0.25) is 0 Å². The highest BCUT2D eigenvalue weighted by molar-refractivity contribution is 7.86.